The second-order valence-electron chi connectivity index (χ2n) is 8.17. The van der Waals surface area contributed by atoms with Gasteiger partial charge in [-0.2, -0.15) is 0 Å². The van der Waals surface area contributed by atoms with Gasteiger partial charge in [-0.05, 0) is 47.5 Å². The Hall–Kier alpha value is -1.80. The molecule has 0 unspecified atom stereocenters. The van der Waals surface area contributed by atoms with Gasteiger partial charge in [-0.15, -0.1) is 23.2 Å². The summed E-state index contributed by atoms with van der Waals surface area (Å²) in [6.07, 6.45) is -0.410. The summed E-state index contributed by atoms with van der Waals surface area (Å²) in [6.45, 7) is 0. The first-order valence-electron chi connectivity index (χ1n) is 10.2. The van der Waals surface area contributed by atoms with Crippen molar-refractivity contribution in [1.82, 2.24) is 0 Å². The Balaban J connectivity index is 1.54. The van der Waals surface area contributed by atoms with E-state index < -0.39 is 45.9 Å². The highest BCUT2D eigenvalue weighted by atomic mass is 35.5. The van der Waals surface area contributed by atoms with E-state index in [1.165, 1.54) is 30.3 Å². The van der Waals surface area contributed by atoms with Gasteiger partial charge in [0.1, 0.15) is 16.0 Å². The molecule has 1 fully saturated rings. The maximum Gasteiger partial charge on any atom is 0.231 e. The molecule has 1 saturated carbocycles. The fourth-order valence-electron chi connectivity index (χ4n) is 3.91. The van der Waals surface area contributed by atoms with Crippen LogP contribution in [-0.4, -0.2) is 16.0 Å². The van der Waals surface area contributed by atoms with Crippen molar-refractivity contribution in [3.8, 4) is 0 Å². The summed E-state index contributed by atoms with van der Waals surface area (Å²) < 4.78 is 25.9. The van der Waals surface area contributed by atoms with Crippen LogP contribution >= 0.6 is 69.6 Å². The average molecular weight is 613 g/mol. The minimum atomic E-state index is -1.44. The van der Waals surface area contributed by atoms with Crippen LogP contribution in [0.4, 0.5) is 20.2 Å². The number of anilines is 2. The van der Waals surface area contributed by atoms with Crippen molar-refractivity contribution in [3.63, 3.8) is 0 Å². The van der Waals surface area contributed by atoms with Crippen molar-refractivity contribution in [2.45, 2.75) is 16.7 Å². The average Bonchev–Trinajstić information content (AvgIpc) is 3.38. The van der Waals surface area contributed by atoms with Gasteiger partial charge in [0.25, 0.3) is 0 Å². The molecule has 4 rings (SSSR count). The van der Waals surface area contributed by atoms with Gasteiger partial charge in [-0.1, -0.05) is 46.4 Å². The molecule has 12 heteroatoms. The fraction of sp³-hybridized carbons (Fsp3) is 0.167. The first-order chi connectivity index (χ1) is 16.8. The normalized spacial score (nSPS) is 18.1. The highest BCUT2D eigenvalue weighted by Crippen LogP contribution is 2.65. The van der Waals surface area contributed by atoms with Gasteiger partial charge in [0.2, 0.25) is 5.91 Å². The molecule has 0 heterocycles. The van der Waals surface area contributed by atoms with Gasteiger partial charge in [0, 0.05) is 29.7 Å². The molecule has 0 radical (unpaired) electrons. The molecular weight excluding hydrogens is 599 g/mol. The number of alkyl halides is 2. The maximum absolute atomic E-state index is 13.7. The molecule has 1 aliphatic carbocycles. The zero-order chi connectivity index (χ0) is 26.5. The van der Waals surface area contributed by atoms with Crippen LogP contribution in [0.25, 0.3) is 0 Å². The van der Waals surface area contributed by atoms with Crippen LogP contribution in [0.5, 0.6) is 0 Å². The number of Topliss-reactive ketones (excluding diaryl/α,β-unsaturated/α-hetero) is 1. The standard InChI is InChI=1S/C24H14Cl6F2N2O2/c25-14-2-1-12(8-13(14)18(35)6-10-3-11(31)7-17(32)22(10)33)34-23(36)20-19(24(20,29)30)9-4-15(26)21(28)16(27)5-9/h1-5,7-8,19-20H,6,33H2,(H,34,36)/t19-,20+/m0/s1. The zero-order valence-corrected chi connectivity index (χ0v) is 22.4. The molecule has 0 aromatic heterocycles. The number of rotatable bonds is 6. The number of carbonyl (C=O) groups is 2. The molecule has 3 N–H and O–H groups in total. The first kappa shape index (κ1) is 27.2. The molecule has 188 valence electrons. The lowest BCUT2D eigenvalue weighted by Crippen LogP contribution is -2.17. The van der Waals surface area contributed by atoms with Crippen LogP contribution in [0.1, 0.15) is 27.4 Å². The summed E-state index contributed by atoms with van der Waals surface area (Å²) in [5.74, 6) is -4.41. The van der Waals surface area contributed by atoms with Gasteiger partial charge < -0.3 is 11.1 Å². The van der Waals surface area contributed by atoms with Crippen LogP contribution in [0.15, 0.2) is 42.5 Å². The van der Waals surface area contributed by atoms with Gasteiger partial charge in [-0.3, -0.25) is 9.59 Å². The quantitative estimate of drug-likeness (QED) is 0.128. The molecule has 3 aromatic rings. The number of hydrogen-bond acceptors (Lipinski definition) is 3. The Bertz CT molecular complexity index is 1390. The lowest BCUT2D eigenvalue weighted by atomic mass is 10.0. The number of carbonyl (C=O) groups excluding carboxylic acids is 2. The van der Waals surface area contributed by atoms with Crippen molar-refractivity contribution in [1.29, 1.82) is 0 Å². The molecule has 0 aliphatic heterocycles. The Kier molecular flexibility index (Phi) is 7.69. The van der Waals surface area contributed by atoms with E-state index in [0.717, 1.165) is 6.07 Å². The molecule has 36 heavy (non-hydrogen) atoms. The number of halogens is 8. The SMILES string of the molecule is Nc1c(F)cc(F)cc1CC(=O)c1cc(NC(=O)[C@H]2[C@H](c3cc(Cl)c(Cl)c(Cl)c3)C2(Cl)Cl)ccc1Cl. The molecule has 3 aromatic carbocycles. The lowest BCUT2D eigenvalue weighted by Gasteiger charge is -2.11. The van der Waals surface area contributed by atoms with Gasteiger partial charge >= 0.3 is 0 Å². The number of nitrogen functional groups attached to an aromatic ring is 1. The highest BCUT2D eigenvalue weighted by molar-refractivity contribution is 6.54. The maximum atomic E-state index is 13.7. The summed E-state index contributed by atoms with van der Waals surface area (Å²) in [6, 6.07) is 8.88. The minimum absolute atomic E-state index is 0.0187. The summed E-state index contributed by atoms with van der Waals surface area (Å²) in [5.41, 5.74) is 6.05. The van der Waals surface area contributed by atoms with Crippen LogP contribution in [0, 0.1) is 17.6 Å². The third-order valence-electron chi connectivity index (χ3n) is 5.77. The van der Waals surface area contributed by atoms with E-state index >= 15 is 0 Å². The summed E-state index contributed by atoms with van der Waals surface area (Å²) >= 11 is 37.1. The molecular formula is C24H14Cl6F2N2O2. The van der Waals surface area contributed by atoms with Crippen molar-refractivity contribution < 1.29 is 18.4 Å². The summed E-state index contributed by atoms with van der Waals surface area (Å²) in [4.78, 5) is 25.8. The highest BCUT2D eigenvalue weighted by Gasteiger charge is 2.67. The minimum Gasteiger partial charge on any atom is -0.396 e. The third kappa shape index (κ3) is 5.26. The predicted molar refractivity (Wildman–Crippen MR) is 141 cm³/mol. The van der Waals surface area contributed by atoms with Crippen LogP contribution in [0.2, 0.25) is 20.1 Å². The van der Waals surface area contributed by atoms with E-state index in [4.69, 9.17) is 75.3 Å². The molecule has 2 atom stereocenters. The van der Waals surface area contributed by atoms with Gasteiger partial charge in [-0.25, -0.2) is 8.78 Å². The molecule has 1 amide bonds. The second kappa shape index (κ2) is 10.2. The number of nitrogens with one attached hydrogen (secondary N) is 1. The number of benzene rings is 3. The monoisotopic (exact) mass is 610 g/mol. The number of amides is 1. The smallest absolute Gasteiger partial charge is 0.231 e. The Morgan fingerprint density at radius 3 is 2.22 bits per heavy atom. The topological polar surface area (TPSA) is 72.2 Å². The largest absolute Gasteiger partial charge is 0.396 e. The van der Waals surface area contributed by atoms with E-state index in [0.29, 0.717) is 11.6 Å². The van der Waals surface area contributed by atoms with Crippen molar-refractivity contribution in [2.75, 3.05) is 11.1 Å². The first-order valence-corrected chi connectivity index (χ1v) is 12.5. The van der Waals surface area contributed by atoms with Crippen molar-refractivity contribution in [2.24, 2.45) is 5.92 Å². The molecule has 1 aliphatic rings. The van der Waals surface area contributed by atoms with E-state index in [1.54, 1.807) is 0 Å². The van der Waals surface area contributed by atoms with Crippen molar-refractivity contribution >= 4 is 92.7 Å². The Morgan fingerprint density at radius 2 is 1.58 bits per heavy atom. The molecule has 0 bridgehead atoms. The molecule has 0 spiro atoms. The molecule has 0 saturated heterocycles. The zero-order valence-electron chi connectivity index (χ0n) is 17.8. The summed E-state index contributed by atoms with van der Waals surface area (Å²) in [5, 5.41) is 3.28. The third-order valence-corrected chi connectivity index (χ3v) is 8.23. The number of ketones is 1. The number of nitrogens with two attached hydrogens (primary N) is 1. The van der Waals surface area contributed by atoms with Crippen LogP contribution in [0.3, 0.4) is 0 Å². The fourth-order valence-corrected chi connectivity index (χ4v) is 5.58. The Labute approximate surface area is 234 Å². The lowest BCUT2D eigenvalue weighted by molar-refractivity contribution is -0.117. The van der Waals surface area contributed by atoms with E-state index in [2.05, 4.69) is 5.32 Å². The van der Waals surface area contributed by atoms with Crippen molar-refractivity contribution in [3.05, 3.63) is 90.9 Å². The summed E-state index contributed by atoms with van der Waals surface area (Å²) in [7, 11) is 0. The molecule has 4 nitrogen and oxygen atoms in total. The van der Waals surface area contributed by atoms with E-state index in [9.17, 15) is 18.4 Å². The van der Waals surface area contributed by atoms with Gasteiger partial charge in [0.15, 0.2) is 5.78 Å². The van der Waals surface area contributed by atoms with Gasteiger partial charge in [0.05, 0.1) is 31.7 Å². The van der Waals surface area contributed by atoms with Crippen LogP contribution < -0.4 is 11.1 Å². The Morgan fingerprint density at radius 1 is 0.944 bits per heavy atom. The van der Waals surface area contributed by atoms with E-state index in [-0.39, 0.29) is 42.6 Å². The van der Waals surface area contributed by atoms with E-state index in [1.807, 2.05) is 0 Å². The second-order valence-corrected chi connectivity index (χ2v) is 11.2. The van der Waals surface area contributed by atoms with Crippen LogP contribution in [-0.2, 0) is 11.2 Å². The number of hydrogen-bond donors (Lipinski definition) is 2. The predicted octanol–water partition coefficient (Wildman–Crippen LogP) is 8.11.